The van der Waals surface area contributed by atoms with Crippen molar-refractivity contribution in [2.24, 2.45) is 0 Å². The fraction of sp³-hybridized carbons (Fsp3) is 0.118. The Morgan fingerprint density at radius 2 is 1.79 bits per heavy atom. The zero-order valence-electron chi connectivity index (χ0n) is 13.4. The van der Waals surface area contributed by atoms with Gasteiger partial charge >= 0.3 is 0 Å². The summed E-state index contributed by atoms with van der Waals surface area (Å²) in [5.41, 5.74) is 3.15. The van der Waals surface area contributed by atoms with E-state index in [1.54, 1.807) is 36.5 Å². The van der Waals surface area contributed by atoms with Crippen molar-refractivity contribution in [3.8, 4) is 11.3 Å². The van der Waals surface area contributed by atoms with Gasteiger partial charge in [-0.05, 0) is 42.0 Å². The molecule has 0 spiro atoms. The van der Waals surface area contributed by atoms with E-state index in [0.29, 0.717) is 5.69 Å². The molecule has 2 N–H and O–H groups in total. The lowest BCUT2D eigenvalue weighted by Gasteiger charge is -2.14. The van der Waals surface area contributed by atoms with E-state index in [4.69, 9.17) is 0 Å². The van der Waals surface area contributed by atoms with Crippen LogP contribution in [0.4, 0.5) is 11.4 Å². The van der Waals surface area contributed by atoms with Crippen molar-refractivity contribution in [3.63, 3.8) is 0 Å². The molecule has 2 aromatic carbocycles. The van der Waals surface area contributed by atoms with Crippen molar-refractivity contribution in [3.05, 3.63) is 60.8 Å². The zero-order chi connectivity index (χ0) is 17.2. The molecule has 0 unspecified atom stereocenters. The molecule has 7 heteroatoms. The number of nitrogens with one attached hydrogen (secondary N) is 2. The summed E-state index contributed by atoms with van der Waals surface area (Å²) in [6.45, 7) is 0. The minimum absolute atomic E-state index is 0.228. The molecule has 3 rings (SSSR count). The molecule has 0 aliphatic carbocycles. The first kappa shape index (κ1) is 16.1. The van der Waals surface area contributed by atoms with E-state index < -0.39 is 10.0 Å². The van der Waals surface area contributed by atoms with Gasteiger partial charge in [0.05, 0.1) is 10.6 Å². The molecule has 1 heterocycles. The van der Waals surface area contributed by atoms with Crippen molar-refractivity contribution in [1.29, 1.82) is 0 Å². The lowest BCUT2D eigenvalue weighted by atomic mass is 10.1. The average Bonchev–Trinajstić information content (AvgIpc) is 3.10. The largest absolute Gasteiger partial charge is 0.378 e. The number of H-pyrrole nitrogens is 1. The fourth-order valence-electron chi connectivity index (χ4n) is 2.28. The van der Waals surface area contributed by atoms with Crippen molar-refractivity contribution in [2.45, 2.75) is 4.90 Å². The summed E-state index contributed by atoms with van der Waals surface area (Å²) in [5.74, 6) is 0. The van der Waals surface area contributed by atoms with Gasteiger partial charge in [-0.3, -0.25) is 9.82 Å². The van der Waals surface area contributed by atoms with Gasteiger partial charge in [-0.25, -0.2) is 8.42 Å². The van der Waals surface area contributed by atoms with Crippen LogP contribution < -0.4 is 9.62 Å². The number of nitrogens with zero attached hydrogens (tertiary/aromatic N) is 2. The molecule has 0 amide bonds. The van der Waals surface area contributed by atoms with Gasteiger partial charge in [-0.1, -0.05) is 18.2 Å². The number of rotatable bonds is 5. The van der Waals surface area contributed by atoms with Crippen molar-refractivity contribution < 1.29 is 8.42 Å². The molecule has 6 nitrogen and oxygen atoms in total. The van der Waals surface area contributed by atoms with Gasteiger partial charge in [0.2, 0.25) is 0 Å². The number of benzene rings is 2. The van der Waals surface area contributed by atoms with E-state index in [-0.39, 0.29) is 4.90 Å². The molecule has 0 atom stereocenters. The van der Waals surface area contributed by atoms with Crippen LogP contribution in [0.3, 0.4) is 0 Å². The standard InChI is InChI=1S/C17H18N4O2S/c1-21(2)15-4-3-5-16(12-15)24(22,23)20-14-8-6-13(7-9-14)17-10-11-18-19-17/h3-12,20H,1-2H3,(H,18,19). The average molecular weight is 342 g/mol. The molecule has 0 fully saturated rings. The third-order valence-corrected chi connectivity index (χ3v) is 4.97. The molecule has 0 saturated heterocycles. The molecular formula is C17H18N4O2S. The number of aromatic nitrogens is 2. The summed E-state index contributed by atoms with van der Waals surface area (Å²) in [4.78, 5) is 2.09. The lowest BCUT2D eigenvalue weighted by molar-refractivity contribution is 0.601. The molecule has 0 bridgehead atoms. The van der Waals surface area contributed by atoms with Gasteiger partial charge in [0.25, 0.3) is 10.0 Å². The fourth-order valence-corrected chi connectivity index (χ4v) is 3.38. The topological polar surface area (TPSA) is 78.1 Å². The maximum Gasteiger partial charge on any atom is 0.261 e. The molecule has 3 aromatic rings. The smallest absolute Gasteiger partial charge is 0.261 e. The van der Waals surface area contributed by atoms with Gasteiger partial charge in [0, 0.05) is 31.7 Å². The van der Waals surface area contributed by atoms with Gasteiger partial charge in [-0.2, -0.15) is 5.10 Å². The predicted octanol–water partition coefficient (Wildman–Crippen LogP) is 2.94. The summed E-state index contributed by atoms with van der Waals surface area (Å²) >= 11 is 0. The molecule has 1 aromatic heterocycles. The quantitative estimate of drug-likeness (QED) is 0.747. The Morgan fingerprint density at radius 3 is 2.42 bits per heavy atom. The summed E-state index contributed by atoms with van der Waals surface area (Å²) in [6.07, 6.45) is 1.67. The van der Waals surface area contributed by atoms with Crippen LogP contribution in [0.2, 0.25) is 0 Å². The highest BCUT2D eigenvalue weighted by molar-refractivity contribution is 7.92. The Kier molecular flexibility index (Phi) is 4.26. The number of sulfonamides is 1. The Balaban J connectivity index is 1.83. The second-order valence-electron chi connectivity index (χ2n) is 5.54. The van der Waals surface area contributed by atoms with E-state index in [2.05, 4.69) is 14.9 Å². The van der Waals surface area contributed by atoms with Crippen molar-refractivity contribution in [2.75, 3.05) is 23.7 Å². The van der Waals surface area contributed by atoms with E-state index in [9.17, 15) is 8.42 Å². The highest BCUT2D eigenvalue weighted by atomic mass is 32.2. The maximum atomic E-state index is 12.5. The normalized spacial score (nSPS) is 11.2. The number of anilines is 2. The van der Waals surface area contributed by atoms with Crippen LogP contribution in [0.5, 0.6) is 0 Å². The van der Waals surface area contributed by atoms with Crippen LogP contribution in [0.25, 0.3) is 11.3 Å². The SMILES string of the molecule is CN(C)c1cccc(S(=O)(=O)Nc2ccc(-c3ccn[nH]3)cc2)c1. The molecule has 0 saturated carbocycles. The Labute approximate surface area is 141 Å². The molecule has 24 heavy (non-hydrogen) atoms. The van der Waals surface area contributed by atoms with Gasteiger partial charge in [0.1, 0.15) is 0 Å². The number of aromatic amines is 1. The molecule has 0 aliphatic heterocycles. The maximum absolute atomic E-state index is 12.5. The zero-order valence-corrected chi connectivity index (χ0v) is 14.2. The Hall–Kier alpha value is -2.80. The second kappa shape index (κ2) is 6.37. The minimum Gasteiger partial charge on any atom is -0.378 e. The molecule has 0 aliphatic rings. The first-order chi connectivity index (χ1) is 11.5. The first-order valence-corrected chi connectivity index (χ1v) is 8.84. The number of hydrogen-bond donors (Lipinski definition) is 2. The molecule has 0 radical (unpaired) electrons. The highest BCUT2D eigenvalue weighted by Gasteiger charge is 2.15. The van der Waals surface area contributed by atoms with Crippen molar-refractivity contribution in [1.82, 2.24) is 10.2 Å². The summed E-state index contributed by atoms with van der Waals surface area (Å²) in [7, 11) is 0.104. The Morgan fingerprint density at radius 1 is 1.04 bits per heavy atom. The van der Waals surface area contributed by atoms with Crippen LogP contribution in [0.1, 0.15) is 0 Å². The van der Waals surface area contributed by atoms with Crippen molar-refractivity contribution >= 4 is 21.4 Å². The van der Waals surface area contributed by atoms with Crippen LogP contribution >= 0.6 is 0 Å². The van der Waals surface area contributed by atoms with Gasteiger partial charge in [0.15, 0.2) is 0 Å². The molecular weight excluding hydrogens is 324 g/mol. The van der Waals surface area contributed by atoms with E-state index >= 15 is 0 Å². The third kappa shape index (κ3) is 3.41. The predicted molar refractivity (Wildman–Crippen MR) is 95.6 cm³/mol. The second-order valence-corrected chi connectivity index (χ2v) is 7.23. The monoisotopic (exact) mass is 342 g/mol. The highest BCUT2D eigenvalue weighted by Crippen LogP contribution is 2.23. The Bertz CT molecular complexity index is 917. The van der Waals surface area contributed by atoms with Crippen LogP contribution in [0.15, 0.2) is 65.7 Å². The molecule has 124 valence electrons. The first-order valence-electron chi connectivity index (χ1n) is 7.36. The summed E-state index contributed by atoms with van der Waals surface area (Å²) < 4.78 is 27.7. The van der Waals surface area contributed by atoms with E-state index in [1.807, 2.05) is 43.3 Å². The minimum atomic E-state index is -3.63. The van der Waals surface area contributed by atoms with Gasteiger partial charge in [-0.15, -0.1) is 0 Å². The van der Waals surface area contributed by atoms with E-state index in [1.165, 1.54) is 0 Å². The van der Waals surface area contributed by atoms with Crippen LogP contribution in [0, 0.1) is 0 Å². The lowest BCUT2D eigenvalue weighted by Crippen LogP contribution is -2.14. The van der Waals surface area contributed by atoms with E-state index in [0.717, 1.165) is 16.9 Å². The number of hydrogen-bond acceptors (Lipinski definition) is 4. The summed E-state index contributed by atoms with van der Waals surface area (Å²) in [5, 5.41) is 6.77. The third-order valence-electron chi connectivity index (χ3n) is 3.59. The summed E-state index contributed by atoms with van der Waals surface area (Å²) in [6, 6.07) is 15.8. The van der Waals surface area contributed by atoms with Crippen LogP contribution in [-0.4, -0.2) is 32.7 Å². The van der Waals surface area contributed by atoms with Gasteiger partial charge < -0.3 is 4.90 Å². The van der Waals surface area contributed by atoms with Crippen LogP contribution in [-0.2, 0) is 10.0 Å².